The lowest BCUT2D eigenvalue weighted by molar-refractivity contribution is 0.144. The minimum atomic E-state index is 0.818. The minimum absolute atomic E-state index is 0.818. The molecular formula is C12H24N2. The summed E-state index contributed by atoms with van der Waals surface area (Å²) in [5.74, 6) is 0.918. The van der Waals surface area contributed by atoms with E-state index in [2.05, 4.69) is 24.2 Å². The summed E-state index contributed by atoms with van der Waals surface area (Å²) in [4.78, 5) is 2.57. The molecule has 0 aromatic rings. The van der Waals surface area contributed by atoms with Gasteiger partial charge in [0.1, 0.15) is 0 Å². The molecule has 1 N–H and O–H groups in total. The third-order valence-electron chi connectivity index (χ3n) is 4.17. The van der Waals surface area contributed by atoms with Crippen molar-refractivity contribution in [2.75, 3.05) is 20.1 Å². The van der Waals surface area contributed by atoms with Crippen LogP contribution in [-0.4, -0.2) is 37.1 Å². The molecule has 1 aliphatic heterocycles. The maximum Gasteiger partial charge on any atom is 0.0133 e. The van der Waals surface area contributed by atoms with Gasteiger partial charge in [0.2, 0.25) is 0 Å². The number of nitrogens with zero attached hydrogens (tertiary/aromatic N) is 1. The van der Waals surface area contributed by atoms with Crippen LogP contribution in [0.5, 0.6) is 0 Å². The van der Waals surface area contributed by atoms with E-state index >= 15 is 0 Å². The maximum absolute atomic E-state index is 3.74. The van der Waals surface area contributed by atoms with Gasteiger partial charge in [0.15, 0.2) is 0 Å². The van der Waals surface area contributed by atoms with E-state index in [4.69, 9.17) is 0 Å². The first kappa shape index (κ1) is 10.4. The molecule has 2 fully saturated rings. The van der Waals surface area contributed by atoms with Gasteiger partial charge in [0.05, 0.1) is 0 Å². The Hall–Kier alpha value is -0.0800. The highest BCUT2D eigenvalue weighted by atomic mass is 15.2. The molecule has 1 saturated heterocycles. The molecule has 2 aliphatic rings. The van der Waals surface area contributed by atoms with Gasteiger partial charge in [0.25, 0.3) is 0 Å². The van der Waals surface area contributed by atoms with Gasteiger partial charge in [0, 0.05) is 25.2 Å². The molecule has 2 heteroatoms. The maximum atomic E-state index is 3.74. The van der Waals surface area contributed by atoms with Crippen LogP contribution >= 0.6 is 0 Å². The Morgan fingerprint density at radius 1 is 1.29 bits per heavy atom. The monoisotopic (exact) mass is 196 g/mol. The fourth-order valence-electron chi connectivity index (χ4n) is 3.41. The zero-order chi connectivity index (χ0) is 9.97. The van der Waals surface area contributed by atoms with Crippen LogP contribution in [0.3, 0.4) is 0 Å². The van der Waals surface area contributed by atoms with Crippen LogP contribution < -0.4 is 5.32 Å². The molecule has 1 heterocycles. The van der Waals surface area contributed by atoms with Crippen molar-refractivity contribution < 1.29 is 0 Å². The molecule has 0 bridgehead atoms. The summed E-state index contributed by atoms with van der Waals surface area (Å²) in [6.07, 6.45) is 7.07. The zero-order valence-corrected chi connectivity index (χ0v) is 9.63. The normalized spacial score (nSPS) is 40.3. The molecule has 82 valence electrons. The fourth-order valence-corrected chi connectivity index (χ4v) is 3.41. The highest BCUT2D eigenvalue weighted by Gasteiger charge is 2.34. The van der Waals surface area contributed by atoms with Crippen LogP contribution in [0.1, 0.15) is 39.0 Å². The first-order valence-corrected chi connectivity index (χ1v) is 6.26. The van der Waals surface area contributed by atoms with Crippen molar-refractivity contribution in [1.82, 2.24) is 10.2 Å². The summed E-state index contributed by atoms with van der Waals surface area (Å²) in [7, 11) is 2.30. The number of rotatable bonds is 1. The van der Waals surface area contributed by atoms with E-state index in [1.807, 2.05) is 0 Å². The summed E-state index contributed by atoms with van der Waals surface area (Å²) in [6, 6.07) is 1.65. The molecule has 1 saturated carbocycles. The molecule has 0 aromatic carbocycles. The van der Waals surface area contributed by atoms with Crippen molar-refractivity contribution >= 4 is 0 Å². The average Bonchev–Trinajstić information content (AvgIpc) is 2.36. The number of fused-ring (bicyclic) bond motifs is 1. The van der Waals surface area contributed by atoms with Gasteiger partial charge in [-0.05, 0) is 32.2 Å². The van der Waals surface area contributed by atoms with Crippen molar-refractivity contribution in [2.24, 2.45) is 5.92 Å². The van der Waals surface area contributed by atoms with E-state index < -0.39 is 0 Å². The average molecular weight is 196 g/mol. The van der Waals surface area contributed by atoms with E-state index in [0.29, 0.717) is 0 Å². The SMILES string of the molecule is CC[C@H]1[C@@H]2CCCCC2NCCN1C. The lowest BCUT2D eigenvalue weighted by atomic mass is 9.79. The van der Waals surface area contributed by atoms with Crippen molar-refractivity contribution in [2.45, 2.75) is 51.1 Å². The van der Waals surface area contributed by atoms with Crippen molar-refractivity contribution in [1.29, 1.82) is 0 Å². The Morgan fingerprint density at radius 2 is 2.07 bits per heavy atom. The number of likely N-dealkylation sites (N-methyl/N-ethyl adjacent to an activating group) is 1. The number of nitrogens with one attached hydrogen (secondary N) is 1. The smallest absolute Gasteiger partial charge is 0.0133 e. The highest BCUT2D eigenvalue weighted by molar-refractivity contribution is 4.91. The molecule has 0 radical (unpaired) electrons. The molecule has 0 spiro atoms. The van der Waals surface area contributed by atoms with E-state index in [1.54, 1.807) is 0 Å². The van der Waals surface area contributed by atoms with Gasteiger partial charge in [-0.2, -0.15) is 0 Å². The molecular weight excluding hydrogens is 172 g/mol. The second-order valence-electron chi connectivity index (χ2n) is 4.97. The first-order chi connectivity index (χ1) is 6.83. The largest absolute Gasteiger partial charge is 0.312 e. The van der Waals surface area contributed by atoms with Gasteiger partial charge >= 0.3 is 0 Å². The lowest BCUT2D eigenvalue weighted by Crippen LogP contribution is -2.44. The van der Waals surface area contributed by atoms with E-state index in [0.717, 1.165) is 18.0 Å². The molecule has 3 atom stereocenters. The third kappa shape index (κ3) is 1.96. The summed E-state index contributed by atoms with van der Waals surface area (Å²) in [5.41, 5.74) is 0. The Kier molecular flexibility index (Phi) is 3.45. The minimum Gasteiger partial charge on any atom is -0.312 e. The lowest BCUT2D eigenvalue weighted by Gasteiger charge is -2.38. The molecule has 0 aromatic heterocycles. The Bertz CT molecular complexity index is 181. The molecule has 1 aliphatic carbocycles. The standard InChI is InChI=1S/C12H24N2/c1-3-12-10-6-4-5-7-11(10)13-8-9-14(12)2/h10-13H,3-9H2,1-2H3/t10-,11?,12+/m1/s1. The Labute approximate surface area is 88.1 Å². The van der Waals surface area contributed by atoms with Gasteiger partial charge < -0.3 is 10.2 Å². The van der Waals surface area contributed by atoms with Crippen LogP contribution in [0.2, 0.25) is 0 Å². The Morgan fingerprint density at radius 3 is 2.86 bits per heavy atom. The van der Waals surface area contributed by atoms with Crippen LogP contribution in [0.4, 0.5) is 0 Å². The predicted molar refractivity (Wildman–Crippen MR) is 60.5 cm³/mol. The Balaban J connectivity index is 2.09. The van der Waals surface area contributed by atoms with Crippen LogP contribution in [0.15, 0.2) is 0 Å². The second-order valence-corrected chi connectivity index (χ2v) is 4.97. The van der Waals surface area contributed by atoms with Crippen LogP contribution in [0, 0.1) is 5.92 Å². The van der Waals surface area contributed by atoms with Gasteiger partial charge in [-0.15, -0.1) is 0 Å². The van der Waals surface area contributed by atoms with Gasteiger partial charge in [-0.25, -0.2) is 0 Å². The summed E-state index contributed by atoms with van der Waals surface area (Å²) < 4.78 is 0. The number of hydrogen-bond acceptors (Lipinski definition) is 2. The second kappa shape index (κ2) is 4.63. The van der Waals surface area contributed by atoms with Crippen molar-refractivity contribution in [3.63, 3.8) is 0 Å². The van der Waals surface area contributed by atoms with Crippen LogP contribution in [0.25, 0.3) is 0 Å². The number of hydrogen-bond donors (Lipinski definition) is 1. The van der Waals surface area contributed by atoms with E-state index in [-0.39, 0.29) is 0 Å². The van der Waals surface area contributed by atoms with Crippen molar-refractivity contribution in [3.05, 3.63) is 0 Å². The zero-order valence-electron chi connectivity index (χ0n) is 9.63. The van der Waals surface area contributed by atoms with Gasteiger partial charge in [-0.1, -0.05) is 19.8 Å². The summed E-state index contributed by atoms with van der Waals surface area (Å²) in [6.45, 7) is 4.76. The molecule has 14 heavy (non-hydrogen) atoms. The van der Waals surface area contributed by atoms with Crippen molar-refractivity contribution in [3.8, 4) is 0 Å². The first-order valence-electron chi connectivity index (χ1n) is 6.26. The van der Waals surface area contributed by atoms with Gasteiger partial charge in [-0.3, -0.25) is 0 Å². The topological polar surface area (TPSA) is 15.3 Å². The van der Waals surface area contributed by atoms with E-state index in [9.17, 15) is 0 Å². The fraction of sp³-hybridized carbons (Fsp3) is 1.00. The third-order valence-corrected chi connectivity index (χ3v) is 4.17. The highest BCUT2D eigenvalue weighted by Crippen LogP contribution is 2.31. The molecule has 0 amide bonds. The predicted octanol–water partition coefficient (Wildman–Crippen LogP) is 1.86. The quantitative estimate of drug-likeness (QED) is 0.688. The molecule has 2 rings (SSSR count). The molecule has 1 unspecified atom stereocenters. The molecule has 2 nitrogen and oxygen atoms in total. The summed E-state index contributed by atoms with van der Waals surface area (Å²) >= 11 is 0. The van der Waals surface area contributed by atoms with Crippen LogP contribution in [-0.2, 0) is 0 Å². The summed E-state index contributed by atoms with van der Waals surface area (Å²) in [5, 5.41) is 3.74. The van der Waals surface area contributed by atoms with E-state index in [1.165, 1.54) is 45.2 Å².